The Kier molecular flexibility index (Phi) is 7.36. The van der Waals surface area contributed by atoms with E-state index in [0.717, 1.165) is 44.0 Å². The minimum Gasteiger partial charge on any atom is -0.494 e. The van der Waals surface area contributed by atoms with E-state index in [1.807, 2.05) is 26.0 Å². The maximum absolute atomic E-state index is 13.9. The molecule has 0 saturated carbocycles. The first-order valence-electron chi connectivity index (χ1n) is 11.2. The second kappa shape index (κ2) is 10.6. The molecule has 1 saturated heterocycles. The van der Waals surface area contributed by atoms with Gasteiger partial charge in [0, 0.05) is 32.7 Å². The highest BCUT2D eigenvalue weighted by Gasteiger charge is 2.20. The van der Waals surface area contributed by atoms with Gasteiger partial charge in [0.15, 0.2) is 5.69 Å². The molecule has 0 bridgehead atoms. The van der Waals surface area contributed by atoms with Crippen molar-refractivity contribution in [2.75, 3.05) is 38.1 Å². The van der Waals surface area contributed by atoms with Crippen LogP contribution in [0.4, 0.5) is 10.1 Å². The van der Waals surface area contributed by atoms with Crippen molar-refractivity contribution >= 4 is 11.6 Å². The van der Waals surface area contributed by atoms with Crippen LogP contribution in [0.3, 0.4) is 0 Å². The van der Waals surface area contributed by atoms with E-state index < -0.39 is 11.7 Å². The minimum atomic E-state index is -0.491. The smallest absolute Gasteiger partial charge is 0.277 e. The number of anilines is 1. The molecule has 1 fully saturated rings. The number of hydrogen-bond donors (Lipinski definition) is 1. The highest BCUT2D eigenvalue weighted by atomic mass is 19.1. The van der Waals surface area contributed by atoms with Gasteiger partial charge in [-0.25, -0.2) is 9.37 Å². The van der Waals surface area contributed by atoms with Crippen LogP contribution in [-0.2, 0) is 13.1 Å². The molecule has 7 nitrogen and oxygen atoms in total. The number of benzene rings is 2. The number of aryl methyl sites for hydroxylation is 1. The minimum absolute atomic E-state index is 0.133. The van der Waals surface area contributed by atoms with Crippen LogP contribution in [0, 0.1) is 12.7 Å². The van der Waals surface area contributed by atoms with Crippen LogP contribution >= 0.6 is 0 Å². The maximum atomic E-state index is 13.9. The molecule has 0 aliphatic carbocycles. The lowest BCUT2D eigenvalue weighted by molar-refractivity contribution is 0.102. The van der Waals surface area contributed by atoms with Gasteiger partial charge in [0.2, 0.25) is 5.89 Å². The molecule has 3 aromatic rings. The zero-order valence-corrected chi connectivity index (χ0v) is 19.0. The number of oxazole rings is 1. The van der Waals surface area contributed by atoms with E-state index in [-0.39, 0.29) is 11.4 Å². The fourth-order valence-electron chi connectivity index (χ4n) is 3.82. The fourth-order valence-corrected chi connectivity index (χ4v) is 3.82. The van der Waals surface area contributed by atoms with Crippen molar-refractivity contribution in [2.24, 2.45) is 0 Å². The molecule has 1 amide bonds. The number of rotatable bonds is 8. The van der Waals surface area contributed by atoms with Crippen LogP contribution in [-0.4, -0.2) is 53.5 Å². The van der Waals surface area contributed by atoms with Gasteiger partial charge in [-0.2, -0.15) is 0 Å². The lowest BCUT2D eigenvalue weighted by Gasteiger charge is -2.34. The first-order valence-corrected chi connectivity index (χ1v) is 11.2. The average Bonchev–Trinajstić information content (AvgIpc) is 3.28. The zero-order chi connectivity index (χ0) is 23.2. The van der Waals surface area contributed by atoms with E-state index in [0.29, 0.717) is 19.0 Å². The number of aromatic nitrogens is 1. The number of amides is 1. The van der Waals surface area contributed by atoms with Gasteiger partial charge < -0.3 is 14.5 Å². The third-order valence-corrected chi connectivity index (χ3v) is 5.62. The quantitative estimate of drug-likeness (QED) is 0.555. The van der Waals surface area contributed by atoms with E-state index in [2.05, 4.69) is 32.2 Å². The molecule has 33 heavy (non-hydrogen) atoms. The van der Waals surface area contributed by atoms with Gasteiger partial charge in [-0.3, -0.25) is 14.6 Å². The molecule has 0 spiro atoms. The van der Waals surface area contributed by atoms with Crippen molar-refractivity contribution in [1.29, 1.82) is 0 Å². The fraction of sp³-hybridized carbons (Fsp3) is 0.360. The molecule has 174 valence electrons. The van der Waals surface area contributed by atoms with Crippen LogP contribution in [0.1, 0.15) is 34.4 Å². The van der Waals surface area contributed by atoms with Crippen LogP contribution in [0.2, 0.25) is 0 Å². The largest absolute Gasteiger partial charge is 0.494 e. The van der Waals surface area contributed by atoms with Crippen molar-refractivity contribution in [1.82, 2.24) is 14.8 Å². The Balaban J connectivity index is 1.25. The molecule has 1 N–H and O–H groups in total. The maximum Gasteiger partial charge on any atom is 0.277 e. The summed E-state index contributed by atoms with van der Waals surface area (Å²) >= 11 is 0. The molecule has 2 aromatic carbocycles. The molecule has 1 aromatic heterocycles. The zero-order valence-electron chi connectivity index (χ0n) is 19.0. The number of carbonyl (C=O) groups is 1. The SMILES string of the molecule is CCOc1ccc(CN2CCN(Cc3nc(C(=O)Nc4cc(C)ccc4F)co3)CC2)cc1. The number of hydrogen-bond acceptors (Lipinski definition) is 6. The molecular weight excluding hydrogens is 423 g/mol. The molecular formula is C25H29FN4O3. The molecule has 2 heterocycles. The van der Waals surface area contributed by atoms with Gasteiger partial charge in [0.25, 0.3) is 5.91 Å². The predicted octanol–water partition coefficient (Wildman–Crippen LogP) is 4.09. The summed E-state index contributed by atoms with van der Waals surface area (Å²) in [7, 11) is 0. The van der Waals surface area contributed by atoms with Gasteiger partial charge >= 0.3 is 0 Å². The summed E-state index contributed by atoms with van der Waals surface area (Å²) in [6, 6.07) is 12.8. The second-order valence-electron chi connectivity index (χ2n) is 8.19. The first-order chi connectivity index (χ1) is 16.0. The lowest BCUT2D eigenvalue weighted by atomic mass is 10.2. The number of nitrogens with one attached hydrogen (secondary N) is 1. The highest BCUT2D eigenvalue weighted by Crippen LogP contribution is 2.18. The highest BCUT2D eigenvalue weighted by molar-refractivity contribution is 6.02. The standard InChI is InChI=1S/C25H29FN4O3/c1-3-32-20-7-5-19(6-8-20)15-29-10-12-30(13-11-29)16-24-27-23(17-33-24)25(31)28-22-14-18(2)4-9-21(22)26/h4-9,14,17H,3,10-13,15-16H2,1-2H3,(H,28,31). The van der Waals surface area contributed by atoms with Gasteiger partial charge in [-0.1, -0.05) is 18.2 Å². The third-order valence-electron chi connectivity index (χ3n) is 5.62. The van der Waals surface area contributed by atoms with Crippen molar-refractivity contribution in [3.05, 3.63) is 77.3 Å². The van der Waals surface area contributed by atoms with Crippen LogP contribution in [0.25, 0.3) is 0 Å². The summed E-state index contributed by atoms with van der Waals surface area (Å²) < 4.78 is 24.9. The first kappa shape index (κ1) is 22.9. The lowest BCUT2D eigenvalue weighted by Crippen LogP contribution is -2.45. The molecule has 0 unspecified atom stereocenters. The Morgan fingerprint density at radius 3 is 2.48 bits per heavy atom. The van der Waals surface area contributed by atoms with Crippen molar-refractivity contribution in [3.63, 3.8) is 0 Å². The van der Waals surface area contributed by atoms with E-state index in [1.54, 1.807) is 12.1 Å². The molecule has 1 aliphatic heterocycles. The Morgan fingerprint density at radius 2 is 1.79 bits per heavy atom. The summed E-state index contributed by atoms with van der Waals surface area (Å²) in [4.78, 5) is 21.4. The molecule has 1 aliphatic rings. The van der Waals surface area contributed by atoms with Gasteiger partial charge in [-0.05, 0) is 49.2 Å². The molecule has 0 atom stereocenters. The van der Waals surface area contributed by atoms with Crippen molar-refractivity contribution in [2.45, 2.75) is 26.9 Å². The number of piperazine rings is 1. The van der Waals surface area contributed by atoms with Gasteiger partial charge in [0.05, 0.1) is 18.8 Å². The van der Waals surface area contributed by atoms with Crippen LogP contribution in [0.15, 0.2) is 53.1 Å². The van der Waals surface area contributed by atoms with E-state index in [9.17, 15) is 9.18 Å². The van der Waals surface area contributed by atoms with Crippen LogP contribution in [0.5, 0.6) is 5.75 Å². The summed E-state index contributed by atoms with van der Waals surface area (Å²) in [5.74, 6) is 0.398. The normalized spacial score (nSPS) is 14.9. The Labute approximate surface area is 193 Å². The van der Waals surface area contributed by atoms with Gasteiger partial charge in [0.1, 0.15) is 17.8 Å². The number of carbonyl (C=O) groups excluding carboxylic acids is 1. The van der Waals surface area contributed by atoms with Crippen LogP contribution < -0.4 is 10.1 Å². The van der Waals surface area contributed by atoms with Crippen molar-refractivity contribution in [3.8, 4) is 5.75 Å². The van der Waals surface area contributed by atoms with Gasteiger partial charge in [-0.15, -0.1) is 0 Å². The Morgan fingerprint density at radius 1 is 1.09 bits per heavy atom. The Hall–Kier alpha value is -3.23. The predicted molar refractivity (Wildman–Crippen MR) is 124 cm³/mol. The van der Waals surface area contributed by atoms with E-state index in [1.165, 1.54) is 17.9 Å². The summed E-state index contributed by atoms with van der Waals surface area (Å²) in [5.41, 5.74) is 2.39. The molecule has 8 heteroatoms. The Bertz CT molecular complexity index is 1080. The topological polar surface area (TPSA) is 70.8 Å². The number of nitrogens with zero attached hydrogens (tertiary/aromatic N) is 3. The van der Waals surface area contributed by atoms with Crippen molar-refractivity contribution < 1.29 is 18.3 Å². The summed E-state index contributed by atoms with van der Waals surface area (Å²) in [5, 5.41) is 2.56. The second-order valence-corrected chi connectivity index (χ2v) is 8.19. The molecule has 4 rings (SSSR count). The number of ether oxygens (including phenoxy) is 1. The van der Waals surface area contributed by atoms with E-state index >= 15 is 0 Å². The van der Waals surface area contributed by atoms with E-state index in [4.69, 9.17) is 9.15 Å². The monoisotopic (exact) mass is 452 g/mol. The summed E-state index contributed by atoms with van der Waals surface area (Å²) in [6.45, 7) is 9.56. The third kappa shape index (κ3) is 6.18. The number of halogens is 1. The average molecular weight is 453 g/mol. The molecule has 0 radical (unpaired) electrons. The summed E-state index contributed by atoms with van der Waals surface area (Å²) in [6.07, 6.45) is 1.32.